The molecule has 0 bridgehead atoms. The molecule has 2 aromatic rings. The van der Waals surface area contributed by atoms with Gasteiger partial charge in [-0.2, -0.15) is 0 Å². The predicted molar refractivity (Wildman–Crippen MR) is 91.6 cm³/mol. The molecule has 1 heterocycles. The fourth-order valence-corrected chi connectivity index (χ4v) is 3.65. The summed E-state index contributed by atoms with van der Waals surface area (Å²) in [5, 5.41) is 2.85. The first kappa shape index (κ1) is 14.9. The number of carbonyl (C=O) groups is 2. The number of benzene rings is 2. The van der Waals surface area contributed by atoms with Crippen molar-refractivity contribution in [1.29, 1.82) is 0 Å². The standard InChI is InChI=1S/C20H20N2O2/c1-13-7-5-6-10-15(13)16-12-18(16)22-19(23)17(21-20(22)24)11-14-8-3-2-4-9-14/h2-10,16-18H,11-12H2,1H3,(H,21,24)/t16-,17?,18+/m0/s1. The summed E-state index contributed by atoms with van der Waals surface area (Å²) in [4.78, 5) is 26.5. The molecule has 1 saturated carbocycles. The molecule has 122 valence electrons. The fraction of sp³-hybridized carbons (Fsp3) is 0.300. The average molecular weight is 320 g/mol. The highest BCUT2D eigenvalue weighted by Gasteiger charge is 2.52. The lowest BCUT2D eigenvalue weighted by Crippen LogP contribution is -2.34. The Morgan fingerprint density at radius 3 is 2.50 bits per heavy atom. The van der Waals surface area contributed by atoms with Crippen LogP contribution in [0.15, 0.2) is 54.6 Å². The monoisotopic (exact) mass is 320 g/mol. The molecule has 0 spiro atoms. The van der Waals surface area contributed by atoms with Gasteiger partial charge in [0.2, 0.25) is 0 Å². The van der Waals surface area contributed by atoms with Crippen molar-refractivity contribution < 1.29 is 9.59 Å². The van der Waals surface area contributed by atoms with E-state index in [0.717, 1.165) is 12.0 Å². The van der Waals surface area contributed by atoms with E-state index in [1.54, 1.807) is 0 Å². The van der Waals surface area contributed by atoms with Gasteiger partial charge in [-0.15, -0.1) is 0 Å². The number of hydrogen-bond donors (Lipinski definition) is 1. The quantitative estimate of drug-likeness (QED) is 0.880. The van der Waals surface area contributed by atoms with Gasteiger partial charge in [0.15, 0.2) is 0 Å². The van der Waals surface area contributed by atoms with E-state index >= 15 is 0 Å². The number of amides is 3. The van der Waals surface area contributed by atoms with Gasteiger partial charge < -0.3 is 5.32 Å². The van der Waals surface area contributed by atoms with E-state index in [-0.39, 0.29) is 23.9 Å². The third-order valence-electron chi connectivity index (χ3n) is 5.01. The van der Waals surface area contributed by atoms with Crippen molar-refractivity contribution in [3.8, 4) is 0 Å². The number of urea groups is 1. The number of nitrogens with one attached hydrogen (secondary N) is 1. The van der Waals surface area contributed by atoms with Gasteiger partial charge in [-0.1, -0.05) is 54.6 Å². The molecule has 1 N–H and O–H groups in total. The zero-order chi connectivity index (χ0) is 16.7. The number of imide groups is 1. The van der Waals surface area contributed by atoms with E-state index in [2.05, 4.69) is 24.4 Å². The van der Waals surface area contributed by atoms with E-state index in [1.807, 2.05) is 42.5 Å². The highest BCUT2D eigenvalue weighted by molar-refractivity contribution is 6.05. The zero-order valence-electron chi connectivity index (χ0n) is 13.6. The highest BCUT2D eigenvalue weighted by Crippen LogP contribution is 2.46. The number of hydrogen-bond acceptors (Lipinski definition) is 2. The number of carbonyl (C=O) groups excluding carboxylic acids is 2. The second-order valence-electron chi connectivity index (χ2n) is 6.67. The Kier molecular flexibility index (Phi) is 3.60. The first-order chi connectivity index (χ1) is 11.6. The van der Waals surface area contributed by atoms with Crippen molar-refractivity contribution in [3.63, 3.8) is 0 Å². The SMILES string of the molecule is Cc1ccccc1[C@@H]1C[C@H]1N1C(=O)NC(Cc2ccccc2)C1=O. The van der Waals surface area contributed by atoms with Crippen molar-refractivity contribution in [2.45, 2.75) is 37.8 Å². The molecule has 4 heteroatoms. The first-order valence-electron chi connectivity index (χ1n) is 8.38. The Morgan fingerprint density at radius 2 is 1.75 bits per heavy atom. The van der Waals surface area contributed by atoms with Crippen LogP contribution in [0.1, 0.15) is 29.0 Å². The van der Waals surface area contributed by atoms with Crippen LogP contribution < -0.4 is 5.32 Å². The van der Waals surface area contributed by atoms with Crippen LogP contribution >= 0.6 is 0 Å². The third kappa shape index (κ3) is 2.58. The van der Waals surface area contributed by atoms with Crippen LogP contribution in [-0.2, 0) is 11.2 Å². The molecule has 1 aliphatic carbocycles. The van der Waals surface area contributed by atoms with Crippen molar-refractivity contribution in [1.82, 2.24) is 10.2 Å². The summed E-state index contributed by atoms with van der Waals surface area (Å²) in [6.07, 6.45) is 1.41. The van der Waals surface area contributed by atoms with Gasteiger partial charge in [0, 0.05) is 18.4 Å². The van der Waals surface area contributed by atoms with Gasteiger partial charge in [0.1, 0.15) is 6.04 Å². The minimum absolute atomic E-state index is 0.000580. The Balaban J connectivity index is 1.48. The summed E-state index contributed by atoms with van der Waals surface area (Å²) in [6, 6.07) is 17.3. The molecule has 2 aliphatic rings. The Hall–Kier alpha value is -2.62. The summed E-state index contributed by atoms with van der Waals surface area (Å²) in [7, 11) is 0. The molecule has 4 nitrogen and oxygen atoms in total. The molecule has 24 heavy (non-hydrogen) atoms. The van der Waals surface area contributed by atoms with Crippen molar-refractivity contribution >= 4 is 11.9 Å². The molecule has 1 unspecified atom stereocenters. The van der Waals surface area contributed by atoms with Gasteiger partial charge in [-0.05, 0) is 30.0 Å². The molecular formula is C20H20N2O2. The summed E-state index contributed by atoms with van der Waals surface area (Å²) in [5.41, 5.74) is 3.52. The van der Waals surface area contributed by atoms with E-state index in [9.17, 15) is 9.59 Å². The van der Waals surface area contributed by atoms with E-state index in [4.69, 9.17) is 0 Å². The minimum Gasteiger partial charge on any atom is -0.325 e. The van der Waals surface area contributed by atoms with E-state index in [0.29, 0.717) is 6.42 Å². The lowest BCUT2D eigenvalue weighted by atomic mass is 10.0. The zero-order valence-corrected chi connectivity index (χ0v) is 13.6. The maximum Gasteiger partial charge on any atom is 0.325 e. The molecule has 3 amide bonds. The Labute approximate surface area is 141 Å². The molecule has 2 fully saturated rings. The summed E-state index contributed by atoms with van der Waals surface area (Å²) < 4.78 is 0. The van der Waals surface area contributed by atoms with E-state index < -0.39 is 6.04 Å². The van der Waals surface area contributed by atoms with Crippen LogP contribution in [0.3, 0.4) is 0 Å². The highest BCUT2D eigenvalue weighted by atomic mass is 16.2. The number of rotatable bonds is 4. The van der Waals surface area contributed by atoms with Crippen LogP contribution in [0.5, 0.6) is 0 Å². The van der Waals surface area contributed by atoms with Crippen LogP contribution in [0.2, 0.25) is 0 Å². The first-order valence-corrected chi connectivity index (χ1v) is 8.38. The van der Waals surface area contributed by atoms with Crippen molar-refractivity contribution in [3.05, 3.63) is 71.3 Å². The fourth-order valence-electron chi connectivity index (χ4n) is 3.65. The minimum atomic E-state index is -0.446. The summed E-state index contributed by atoms with van der Waals surface area (Å²) >= 11 is 0. The lowest BCUT2D eigenvalue weighted by Gasteiger charge is -2.14. The molecule has 3 atom stereocenters. The van der Waals surface area contributed by atoms with Gasteiger partial charge in [-0.25, -0.2) is 4.79 Å². The molecule has 4 rings (SSSR count). The molecule has 2 aromatic carbocycles. The molecular weight excluding hydrogens is 300 g/mol. The maximum atomic E-state index is 12.7. The molecule has 1 saturated heterocycles. The number of aryl methyl sites for hydroxylation is 1. The molecule has 0 aromatic heterocycles. The maximum absolute atomic E-state index is 12.7. The van der Waals surface area contributed by atoms with Crippen molar-refractivity contribution in [2.24, 2.45) is 0 Å². The normalized spacial score (nSPS) is 25.7. The van der Waals surface area contributed by atoms with Crippen LogP contribution in [-0.4, -0.2) is 28.9 Å². The second kappa shape index (κ2) is 5.78. The number of nitrogens with zero attached hydrogens (tertiary/aromatic N) is 1. The van der Waals surface area contributed by atoms with E-state index in [1.165, 1.54) is 16.0 Å². The molecule has 0 radical (unpaired) electrons. The topological polar surface area (TPSA) is 49.4 Å². The van der Waals surface area contributed by atoms with Gasteiger partial charge in [0.05, 0.1) is 0 Å². The van der Waals surface area contributed by atoms with Crippen LogP contribution in [0.4, 0.5) is 4.79 Å². The largest absolute Gasteiger partial charge is 0.325 e. The Morgan fingerprint density at radius 1 is 1.04 bits per heavy atom. The lowest BCUT2D eigenvalue weighted by molar-refractivity contribution is -0.127. The average Bonchev–Trinajstić information content (AvgIpc) is 3.30. The predicted octanol–water partition coefficient (Wildman–Crippen LogP) is 3.01. The van der Waals surface area contributed by atoms with Gasteiger partial charge >= 0.3 is 6.03 Å². The van der Waals surface area contributed by atoms with Crippen LogP contribution in [0.25, 0.3) is 0 Å². The third-order valence-corrected chi connectivity index (χ3v) is 5.01. The molecule has 1 aliphatic heterocycles. The van der Waals surface area contributed by atoms with Crippen LogP contribution in [0, 0.1) is 6.92 Å². The smallest absolute Gasteiger partial charge is 0.325 e. The van der Waals surface area contributed by atoms with Gasteiger partial charge in [-0.3, -0.25) is 9.69 Å². The Bertz CT molecular complexity index is 787. The van der Waals surface area contributed by atoms with Crippen molar-refractivity contribution in [2.75, 3.05) is 0 Å². The van der Waals surface area contributed by atoms with Gasteiger partial charge in [0.25, 0.3) is 5.91 Å². The second-order valence-corrected chi connectivity index (χ2v) is 6.67. The summed E-state index contributed by atoms with van der Waals surface area (Å²) in [5.74, 6) is 0.182. The summed E-state index contributed by atoms with van der Waals surface area (Å²) in [6.45, 7) is 2.08.